The molecule has 0 aromatic rings. The Morgan fingerprint density at radius 3 is 2.00 bits per heavy atom. The van der Waals surface area contributed by atoms with Crippen molar-refractivity contribution in [2.24, 2.45) is 51.2 Å². The normalized spacial score (nSPS) is 33.8. The average molecular weight is 906 g/mol. The molecule has 3 fully saturated rings. The van der Waals surface area contributed by atoms with Crippen LogP contribution < -0.4 is 0 Å². The lowest BCUT2D eigenvalue weighted by Crippen LogP contribution is -2.36. The first-order valence-electron chi connectivity index (χ1n) is 22.0. The second kappa shape index (κ2) is 20.1. The maximum Gasteiger partial charge on any atom is 0.0439 e. The third-order valence-electron chi connectivity index (χ3n) is 16.5. The van der Waals surface area contributed by atoms with Crippen molar-refractivity contribution in [2.45, 2.75) is 146 Å². The quantitative estimate of drug-likeness (QED) is 0.0839. The first-order valence-corrected chi connectivity index (χ1v) is 24.1. The van der Waals surface area contributed by atoms with Gasteiger partial charge in [0.15, 0.2) is 0 Å². The highest BCUT2D eigenvalue weighted by atomic mass is 127. The summed E-state index contributed by atoms with van der Waals surface area (Å²) in [7, 11) is 0. The summed E-state index contributed by atoms with van der Waals surface area (Å²) in [6, 6.07) is 0. The number of alkyl halides is 2. The van der Waals surface area contributed by atoms with Gasteiger partial charge >= 0.3 is 0 Å². The molecule has 0 spiro atoms. The fourth-order valence-corrected chi connectivity index (χ4v) is 13.5. The molecule has 0 N–H and O–H groups in total. The lowest BCUT2D eigenvalue weighted by Gasteiger charge is -2.46. The van der Waals surface area contributed by atoms with Gasteiger partial charge in [-0.05, 0) is 156 Å². The molecule has 0 nitrogen and oxygen atoms in total. The summed E-state index contributed by atoms with van der Waals surface area (Å²) in [4.78, 5) is 0. The Morgan fingerprint density at radius 2 is 1.46 bits per heavy atom. The lowest BCUT2D eigenvalue weighted by molar-refractivity contribution is 0.228. The van der Waals surface area contributed by atoms with Crippen LogP contribution in [0.4, 0.5) is 0 Å². The molecule has 0 aliphatic heterocycles. The molecule has 0 saturated heterocycles. The Bertz CT molecular complexity index is 1710. The fraction of sp³-hybridized carbons (Fsp3) is 0.600. The molecule has 316 valence electrons. The Kier molecular flexibility index (Phi) is 17.5. The van der Waals surface area contributed by atoms with Gasteiger partial charge in [0, 0.05) is 32.5 Å². The molecule has 3 saturated carbocycles. The Labute approximate surface area is 371 Å². The molecule has 0 amide bonds. The fourth-order valence-electron chi connectivity index (χ4n) is 12.1. The van der Waals surface area contributed by atoms with Crippen LogP contribution in [0, 0.1) is 51.2 Å². The van der Waals surface area contributed by atoms with E-state index >= 15 is 0 Å². The monoisotopic (exact) mass is 905 g/mol. The van der Waals surface area contributed by atoms with Crippen LogP contribution in [-0.2, 0) is 0 Å². The number of hydrogen-bond donors (Lipinski definition) is 0. The second-order valence-corrected chi connectivity index (χ2v) is 20.4. The molecular weight excluding hydrogens is 823 g/mol. The Balaban J connectivity index is 0.000000234. The zero-order valence-corrected chi connectivity index (χ0v) is 40.0. The number of fused-ring (bicyclic) bond motifs is 3. The molecule has 0 aromatic carbocycles. The number of hydrogen-bond acceptors (Lipinski definition) is 0. The van der Waals surface area contributed by atoms with E-state index in [-0.39, 0.29) is 35.0 Å². The van der Waals surface area contributed by atoms with Crippen LogP contribution >= 0.6 is 34.2 Å². The molecule has 9 atom stereocenters. The van der Waals surface area contributed by atoms with E-state index in [1.54, 1.807) is 27.9 Å². The minimum Gasteiger partial charge on any atom is -0.122 e. The molecule has 9 unspecified atom stereocenters. The molecule has 6 aliphatic carbocycles. The molecule has 0 radical (unpaired) electrons. The van der Waals surface area contributed by atoms with Gasteiger partial charge in [-0.15, -0.1) is 24.8 Å². The van der Waals surface area contributed by atoms with Gasteiger partial charge in [-0.25, -0.2) is 0 Å². The van der Waals surface area contributed by atoms with Gasteiger partial charge in [0.25, 0.3) is 0 Å². The first kappa shape index (κ1) is 49.5. The van der Waals surface area contributed by atoms with Crippen molar-refractivity contribution in [1.29, 1.82) is 0 Å². The molecule has 0 aromatic heterocycles. The van der Waals surface area contributed by atoms with Crippen LogP contribution in [0.2, 0.25) is 0 Å². The van der Waals surface area contributed by atoms with Crippen LogP contribution in [0.5, 0.6) is 0 Å². The topological polar surface area (TPSA) is 0 Å². The van der Waals surface area contributed by atoms with E-state index in [9.17, 15) is 0 Å². The standard InChI is InChI=1S/C23H33I.C17H24.C14H21Cl.CH4/c1-8-20(22(7,9-2)14-15-24)19(6)23-12-10-16(3)18(5)21(23)17(4)11-13-23;1-6-13(4)17-10-8-12(3)14(5)16(17)15(7-2)9-11-17;1-10-6-8-14(11(2)9-15)7-4-5-13(14)12(10)3;/h8-9,16,20H,1-2,4,6,10-15H2,3,5,7H3;6-7,12H,1,4,8-11H2,2-3,5H3;5,10,12H,2,4,6-9H2,1,3H3;1H4/b;15-7+;;. The van der Waals surface area contributed by atoms with Crippen molar-refractivity contribution in [2.75, 3.05) is 10.3 Å². The van der Waals surface area contributed by atoms with Gasteiger partial charge in [-0.3, -0.25) is 0 Å². The number of rotatable bonds is 11. The van der Waals surface area contributed by atoms with Crippen molar-refractivity contribution >= 4 is 34.2 Å². The molecule has 57 heavy (non-hydrogen) atoms. The largest absolute Gasteiger partial charge is 0.122 e. The van der Waals surface area contributed by atoms with Gasteiger partial charge in [0.05, 0.1) is 0 Å². The molecular formula is C55H82ClI. The maximum absolute atomic E-state index is 6.00. The number of allylic oxidation sites excluding steroid dienone is 15. The van der Waals surface area contributed by atoms with Crippen LogP contribution in [0.3, 0.4) is 0 Å². The predicted molar refractivity (Wildman–Crippen MR) is 266 cm³/mol. The summed E-state index contributed by atoms with van der Waals surface area (Å²) in [6.07, 6.45) is 26.9. The highest BCUT2D eigenvalue weighted by Crippen LogP contribution is 2.62. The molecule has 2 heteroatoms. The molecule has 6 aliphatic rings. The van der Waals surface area contributed by atoms with Crippen molar-refractivity contribution in [3.05, 3.63) is 132 Å². The van der Waals surface area contributed by atoms with Crippen LogP contribution in [0.15, 0.2) is 132 Å². The van der Waals surface area contributed by atoms with E-state index in [1.807, 2.05) is 6.08 Å². The summed E-state index contributed by atoms with van der Waals surface area (Å²) in [5, 5.41) is 0. The zero-order valence-electron chi connectivity index (χ0n) is 37.1. The molecule has 0 bridgehead atoms. The first-order chi connectivity index (χ1) is 26.4. The van der Waals surface area contributed by atoms with Crippen LogP contribution in [-0.4, -0.2) is 10.3 Å². The van der Waals surface area contributed by atoms with Gasteiger partial charge in [-0.2, -0.15) is 0 Å². The van der Waals surface area contributed by atoms with Gasteiger partial charge < -0.3 is 0 Å². The summed E-state index contributed by atoms with van der Waals surface area (Å²) in [6.45, 7) is 48.4. The Hall–Kier alpha value is -1.84. The van der Waals surface area contributed by atoms with Crippen molar-refractivity contribution in [3.8, 4) is 0 Å². The van der Waals surface area contributed by atoms with E-state index in [1.165, 1.54) is 98.5 Å². The highest BCUT2D eigenvalue weighted by Gasteiger charge is 2.50. The highest BCUT2D eigenvalue weighted by molar-refractivity contribution is 14.1. The molecule has 0 heterocycles. The SMILES string of the molecule is C.C=C(CCl)C12CCC=C1C(C)C(C)CC2.C=CC(=C)C12CC/C(=C\C)C1=C(C)C(C)CC2.C=CC(C(=C)C12CCC(=C)C1=C(C)C(C)CC2)C(C)(C=C)CCI. The summed E-state index contributed by atoms with van der Waals surface area (Å²) in [5.74, 6) is 3.83. The minimum atomic E-state index is 0. The van der Waals surface area contributed by atoms with E-state index in [2.05, 4.69) is 148 Å². The van der Waals surface area contributed by atoms with E-state index in [0.29, 0.717) is 11.8 Å². The summed E-state index contributed by atoms with van der Waals surface area (Å²) < 4.78 is 1.12. The minimum absolute atomic E-state index is 0. The second-order valence-electron chi connectivity index (χ2n) is 19.0. The lowest BCUT2D eigenvalue weighted by atomic mass is 9.58. The van der Waals surface area contributed by atoms with Crippen LogP contribution in [0.25, 0.3) is 0 Å². The zero-order chi connectivity index (χ0) is 41.8. The summed E-state index contributed by atoms with van der Waals surface area (Å²) in [5.41, 5.74) is 15.3. The van der Waals surface area contributed by atoms with Crippen molar-refractivity contribution < 1.29 is 0 Å². The van der Waals surface area contributed by atoms with Crippen molar-refractivity contribution in [3.63, 3.8) is 0 Å². The molecule has 6 rings (SSSR count). The van der Waals surface area contributed by atoms with Gasteiger partial charge in [0.2, 0.25) is 0 Å². The van der Waals surface area contributed by atoms with E-state index in [0.717, 1.165) is 35.0 Å². The Morgan fingerprint density at radius 1 is 0.877 bits per heavy atom. The maximum atomic E-state index is 6.00. The van der Waals surface area contributed by atoms with Gasteiger partial charge in [-0.1, -0.05) is 161 Å². The smallest absolute Gasteiger partial charge is 0.0439 e. The third kappa shape index (κ3) is 8.97. The summed E-state index contributed by atoms with van der Waals surface area (Å²) >= 11 is 8.47. The van der Waals surface area contributed by atoms with Crippen molar-refractivity contribution in [1.82, 2.24) is 0 Å². The predicted octanol–water partition coefficient (Wildman–Crippen LogP) is 17.8. The van der Waals surface area contributed by atoms with E-state index < -0.39 is 0 Å². The van der Waals surface area contributed by atoms with Crippen LogP contribution in [0.1, 0.15) is 146 Å². The van der Waals surface area contributed by atoms with Gasteiger partial charge in [0.1, 0.15) is 0 Å². The van der Waals surface area contributed by atoms with E-state index in [4.69, 9.17) is 11.6 Å². The average Bonchev–Trinajstić information content (AvgIpc) is 3.92. The third-order valence-corrected chi connectivity index (χ3v) is 17.4. The number of halogens is 2.